The molecule has 0 bridgehead atoms. The number of fused-ring (bicyclic) bond motifs is 1. The zero-order valence-electron chi connectivity index (χ0n) is 9.80. The molecule has 1 aromatic carbocycles. The molecule has 0 aliphatic carbocycles. The molecule has 2 aromatic heterocycles. The van der Waals surface area contributed by atoms with Crippen molar-refractivity contribution < 1.29 is 0 Å². The lowest BCUT2D eigenvalue weighted by Crippen LogP contribution is -1.88. The van der Waals surface area contributed by atoms with E-state index < -0.39 is 0 Å². The Morgan fingerprint density at radius 2 is 2.06 bits per heavy atom. The molecular formula is C15H14N2. The average molecular weight is 222 g/mol. The van der Waals surface area contributed by atoms with Crippen molar-refractivity contribution in [3.63, 3.8) is 0 Å². The maximum absolute atomic E-state index is 4.60. The number of hydrogen-bond acceptors (Lipinski definition) is 1. The highest BCUT2D eigenvalue weighted by atomic mass is 15.0. The average Bonchev–Trinajstić information content (AvgIpc) is 2.71. The number of hydrogen-bond donors (Lipinski definition) is 0. The normalized spacial score (nSPS) is 10.9. The maximum atomic E-state index is 4.60. The topological polar surface area (TPSA) is 17.3 Å². The van der Waals surface area contributed by atoms with Gasteiger partial charge in [-0.2, -0.15) is 0 Å². The van der Waals surface area contributed by atoms with Gasteiger partial charge in [0.15, 0.2) is 0 Å². The summed E-state index contributed by atoms with van der Waals surface area (Å²) >= 11 is 0. The smallest absolute Gasteiger partial charge is 0.136 e. The van der Waals surface area contributed by atoms with E-state index in [1.807, 2.05) is 24.4 Å². The third-order valence-corrected chi connectivity index (χ3v) is 2.88. The number of rotatable bonds is 2. The first-order chi connectivity index (χ1) is 8.31. The van der Waals surface area contributed by atoms with Gasteiger partial charge in [0.1, 0.15) is 5.65 Å². The van der Waals surface area contributed by atoms with Gasteiger partial charge < -0.3 is 4.40 Å². The Balaban J connectivity index is 1.94. The number of imidazole rings is 1. The molecule has 0 fully saturated rings. The standard InChI is InChI=1S/C15H14N2/c1-12-5-4-6-13(9-12)10-14-11-17-8-3-2-7-15(17)16-14/h2-9,11H,10H2,1H3. The van der Waals surface area contributed by atoms with Crippen molar-refractivity contribution in [2.45, 2.75) is 13.3 Å². The van der Waals surface area contributed by atoms with Crippen molar-refractivity contribution in [1.82, 2.24) is 9.38 Å². The van der Waals surface area contributed by atoms with E-state index in [4.69, 9.17) is 0 Å². The Kier molecular flexibility index (Phi) is 2.41. The monoisotopic (exact) mass is 222 g/mol. The van der Waals surface area contributed by atoms with E-state index in [0.29, 0.717) is 0 Å². The van der Waals surface area contributed by atoms with Crippen LogP contribution in [0, 0.1) is 6.92 Å². The van der Waals surface area contributed by atoms with Crippen LogP contribution in [-0.4, -0.2) is 9.38 Å². The lowest BCUT2D eigenvalue weighted by Gasteiger charge is -1.99. The molecule has 0 saturated carbocycles. The number of nitrogens with zero attached hydrogens (tertiary/aromatic N) is 2. The fourth-order valence-electron chi connectivity index (χ4n) is 2.10. The summed E-state index contributed by atoms with van der Waals surface area (Å²) in [5.41, 5.74) is 4.73. The van der Waals surface area contributed by atoms with Gasteiger partial charge in [0.25, 0.3) is 0 Å². The van der Waals surface area contributed by atoms with Crippen LogP contribution in [0.5, 0.6) is 0 Å². The summed E-state index contributed by atoms with van der Waals surface area (Å²) in [6, 6.07) is 14.6. The maximum Gasteiger partial charge on any atom is 0.136 e. The van der Waals surface area contributed by atoms with E-state index in [2.05, 4.69) is 46.8 Å². The SMILES string of the molecule is Cc1cccc(Cc2cn3ccccc3n2)c1. The fraction of sp³-hybridized carbons (Fsp3) is 0.133. The van der Waals surface area contributed by atoms with Gasteiger partial charge in [-0.1, -0.05) is 35.9 Å². The molecule has 3 rings (SSSR count). The number of aromatic nitrogens is 2. The summed E-state index contributed by atoms with van der Waals surface area (Å²) in [5.74, 6) is 0. The van der Waals surface area contributed by atoms with Crippen molar-refractivity contribution in [3.8, 4) is 0 Å². The molecular weight excluding hydrogens is 208 g/mol. The molecule has 0 amide bonds. The van der Waals surface area contributed by atoms with E-state index in [0.717, 1.165) is 17.8 Å². The molecule has 84 valence electrons. The molecule has 0 aliphatic rings. The first-order valence-electron chi connectivity index (χ1n) is 5.79. The van der Waals surface area contributed by atoms with Crippen molar-refractivity contribution in [2.75, 3.05) is 0 Å². The lowest BCUT2D eigenvalue weighted by atomic mass is 10.1. The highest BCUT2D eigenvalue weighted by Gasteiger charge is 2.02. The summed E-state index contributed by atoms with van der Waals surface area (Å²) in [7, 11) is 0. The van der Waals surface area contributed by atoms with Gasteiger partial charge in [-0.25, -0.2) is 4.98 Å². The summed E-state index contributed by atoms with van der Waals surface area (Å²) in [6.07, 6.45) is 5.02. The van der Waals surface area contributed by atoms with Crippen LogP contribution in [0.15, 0.2) is 54.9 Å². The van der Waals surface area contributed by atoms with Crippen LogP contribution in [0.4, 0.5) is 0 Å². The van der Waals surface area contributed by atoms with Crippen LogP contribution in [0.25, 0.3) is 5.65 Å². The molecule has 0 spiro atoms. The fourth-order valence-corrected chi connectivity index (χ4v) is 2.10. The predicted octanol–water partition coefficient (Wildman–Crippen LogP) is 3.23. The Hall–Kier alpha value is -2.09. The zero-order chi connectivity index (χ0) is 11.7. The van der Waals surface area contributed by atoms with Crippen molar-refractivity contribution >= 4 is 5.65 Å². The minimum Gasteiger partial charge on any atom is -0.307 e. The van der Waals surface area contributed by atoms with E-state index in [-0.39, 0.29) is 0 Å². The van der Waals surface area contributed by atoms with Crippen molar-refractivity contribution in [3.05, 3.63) is 71.7 Å². The van der Waals surface area contributed by atoms with E-state index in [1.165, 1.54) is 11.1 Å². The predicted molar refractivity (Wildman–Crippen MR) is 69.2 cm³/mol. The van der Waals surface area contributed by atoms with Crippen molar-refractivity contribution in [2.24, 2.45) is 0 Å². The second-order valence-electron chi connectivity index (χ2n) is 4.36. The summed E-state index contributed by atoms with van der Waals surface area (Å²) in [4.78, 5) is 4.60. The Morgan fingerprint density at radius 1 is 1.12 bits per heavy atom. The third kappa shape index (κ3) is 2.07. The van der Waals surface area contributed by atoms with Gasteiger partial charge in [0, 0.05) is 18.8 Å². The van der Waals surface area contributed by atoms with Gasteiger partial charge in [0.2, 0.25) is 0 Å². The Morgan fingerprint density at radius 3 is 2.88 bits per heavy atom. The van der Waals surface area contributed by atoms with E-state index in [1.54, 1.807) is 0 Å². The largest absolute Gasteiger partial charge is 0.307 e. The Labute approximate surface area is 101 Å². The van der Waals surface area contributed by atoms with Gasteiger partial charge in [0.05, 0.1) is 5.69 Å². The Bertz CT molecular complexity index is 620. The van der Waals surface area contributed by atoms with Crippen molar-refractivity contribution in [1.29, 1.82) is 0 Å². The summed E-state index contributed by atoms with van der Waals surface area (Å²) in [5, 5.41) is 0. The quantitative estimate of drug-likeness (QED) is 0.650. The molecule has 3 aromatic rings. The number of pyridine rings is 1. The molecule has 0 radical (unpaired) electrons. The first-order valence-corrected chi connectivity index (χ1v) is 5.79. The minimum atomic E-state index is 0.892. The third-order valence-electron chi connectivity index (χ3n) is 2.88. The van der Waals surface area contributed by atoms with Gasteiger partial charge in [-0.05, 0) is 24.6 Å². The first kappa shape index (κ1) is 10.1. The zero-order valence-corrected chi connectivity index (χ0v) is 9.80. The van der Waals surface area contributed by atoms with Crippen LogP contribution in [0.3, 0.4) is 0 Å². The minimum absolute atomic E-state index is 0.892. The summed E-state index contributed by atoms with van der Waals surface area (Å²) < 4.78 is 2.06. The molecule has 0 N–H and O–H groups in total. The molecule has 17 heavy (non-hydrogen) atoms. The lowest BCUT2D eigenvalue weighted by molar-refractivity contribution is 1.11. The van der Waals surface area contributed by atoms with Crippen LogP contribution in [0.1, 0.15) is 16.8 Å². The number of aryl methyl sites for hydroxylation is 1. The molecule has 0 aliphatic heterocycles. The van der Waals surface area contributed by atoms with Crippen LogP contribution >= 0.6 is 0 Å². The summed E-state index contributed by atoms with van der Waals surface area (Å²) in [6.45, 7) is 2.12. The van der Waals surface area contributed by atoms with Crippen LogP contribution in [0.2, 0.25) is 0 Å². The van der Waals surface area contributed by atoms with Gasteiger partial charge >= 0.3 is 0 Å². The van der Waals surface area contributed by atoms with Gasteiger partial charge in [-0.3, -0.25) is 0 Å². The van der Waals surface area contributed by atoms with Gasteiger partial charge in [-0.15, -0.1) is 0 Å². The number of benzene rings is 1. The highest BCUT2D eigenvalue weighted by molar-refractivity contribution is 5.40. The van der Waals surface area contributed by atoms with Crippen LogP contribution < -0.4 is 0 Å². The van der Waals surface area contributed by atoms with E-state index >= 15 is 0 Å². The molecule has 0 saturated heterocycles. The second-order valence-corrected chi connectivity index (χ2v) is 4.36. The molecule has 2 heterocycles. The molecule has 0 unspecified atom stereocenters. The molecule has 0 atom stereocenters. The highest BCUT2D eigenvalue weighted by Crippen LogP contribution is 2.11. The van der Waals surface area contributed by atoms with E-state index in [9.17, 15) is 0 Å². The van der Waals surface area contributed by atoms with Crippen LogP contribution in [-0.2, 0) is 6.42 Å². The second kappa shape index (κ2) is 4.06. The molecule has 2 nitrogen and oxygen atoms in total. The molecule has 2 heteroatoms.